The molecule has 1 saturated heterocycles. The minimum Gasteiger partial charge on any atom is -0.356 e. The van der Waals surface area contributed by atoms with E-state index in [-0.39, 0.29) is 18.0 Å². The third-order valence-corrected chi connectivity index (χ3v) is 6.33. The largest absolute Gasteiger partial charge is 0.356 e. The lowest BCUT2D eigenvalue weighted by atomic mass is 9.93. The van der Waals surface area contributed by atoms with Gasteiger partial charge in [-0.15, -0.1) is 0 Å². The first-order chi connectivity index (χ1) is 13.1. The molecule has 0 spiro atoms. The van der Waals surface area contributed by atoms with Gasteiger partial charge in [-0.05, 0) is 54.9 Å². The van der Waals surface area contributed by atoms with E-state index in [0.717, 1.165) is 17.6 Å². The van der Waals surface area contributed by atoms with Gasteiger partial charge in [-0.2, -0.15) is 0 Å². The van der Waals surface area contributed by atoms with Crippen molar-refractivity contribution in [2.45, 2.75) is 38.8 Å². The van der Waals surface area contributed by atoms with Crippen LogP contribution in [0, 0.1) is 0 Å². The van der Waals surface area contributed by atoms with E-state index < -0.39 is 0 Å². The number of nitrogens with zero attached hydrogens (tertiary/aromatic N) is 2. The number of aryl methyl sites for hydroxylation is 1. The summed E-state index contributed by atoms with van der Waals surface area (Å²) < 4.78 is 0. The first kappa shape index (κ1) is 16.5. The van der Waals surface area contributed by atoms with E-state index in [1.807, 2.05) is 18.2 Å². The van der Waals surface area contributed by atoms with Crippen molar-refractivity contribution in [1.29, 1.82) is 0 Å². The van der Waals surface area contributed by atoms with Crippen LogP contribution in [0.2, 0.25) is 0 Å². The zero-order valence-corrected chi connectivity index (χ0v) is 16.2. The third kappa shape index (κ3) is 2.28. The van der Waals surface area contributed by atoms with Gasteiger partial charge >= 0.3 is 0 Å². The molecule has 3 heterocycles. The maximum atomic E-state index is 13.3. The summed E-state index contributed by atoms with van der Waals surface area (Å²) in [6.07, 6.45) is 1.67. The Hall–Kier alpha value is -2.66. The molecule has 1 fully saturated rings. The number of thiocarbonyl (C=S) groups is 1. The van der Waals surface area contributed by atoms with Gasteiger partial charge in [-0.25, -0.2) is 0 Å². The quantitative estimate of drug-likeness (QED) is 0.677. The molecule has 5 heteroatoms. The first-order valence-corrected chi connectivity index (χ1v) is 9.85. The molecule has 3 aromatic rings. The van der Waals surface area contributed by atoms with Crippen LogP contribution in [0.4, 0.5) is 5.69 Å². The summed E-state index contributed by atoms with van der Waals surface area (Å²) in [5.41, 5.74) is 5.66. The molecule has 1 aromatic heterocycles. The molecule has 2 aromatic carbocycles. The highest BCUT2D eigenvalue weighted by Crippen LogP contribution is 2.41. The molecule has 5 rings (SSSR count). The second-order valence-corrected chi connectivity index (χ2v) is 7.71. The van der Waals surface area contributed by atoms with E-state index in [1.54, 1.807) is 4.90 Å². The summed E-state index contributed by atoms with van der Waals surface area (Å²) in [6.45, 7) is 4.25. The average Bonchev–Trinajstić information content (AvgIpc) is 3.18. The summed E-state index contributed by atoms with van der Waals surface area (Å²) in [7, 11) is 0. The maximum Gasteiger partial charge on any atom is 0.256 e. The highest BCUT2D eigenvalue weighted by molar-refractivity contribution is 7.80. The molecule has 2 aliphatic rings. The second-order valence-electron chi connectivity index (χ2n) is 7.34. The van der Waals surface area contributed by atoms with Gasteiger partial charge < -0.3 is 9.88 Å². The molecule has 0 unspecified atom stereocenters. The Kier molecular flexibility index (Phi) is 3.62. The Labute approximate surface area is 163 Å². The third-order valence-electron chi connectivity index (χ3n) is 5.94. The number of carbonyl (C=O) groups excluding carboxylic acids is 1. The number of benzene rings is 2. The summed E-state index contributed by atoms with van der Waals surface area (Å²) >= 11 is 5.76. The van der Waals surface area contributed by atoms with Gasteiger partial charge in [0.25, 0.3) is 5.91 Å². The van der Waals surface area contributed by atoms with Crippen LogP contribution in [-0.4, -0.2) is 26.9 Å². The minimum absolute atomic E-state index is 0.0440. The lowest BCUT2D eigenvalue weighted by Gasteiger charge is -2.34. The lowest BCUT2D eigenvalue weighted by molar-refractivity contribution is -0.120. The van der Waals surface area contributed by atoms with Crippen molar-refractivity contribution in [3.8, 4) is 0 Å². The zero-order valence-electron chi connectivity index (χ0n) is 15.4. The van der Waals surface area contributed by atoms with E-state index in [1.165, 1.54) is 22.2 Å². The summed E-state index contributed by atoms with van der Waals surface area (Å²) in [5, 5.41) is 1.81. The van der Waals surface area contributed by atoms with E-state index in [2.05, 4.69) is 54.1 Å². The van der Waals surface area contributed by atoms with Gasteiger partial charge in [0.2, 0.25) is 0 Å². The fourth-order valence-corrected chi connectivity index (χ4v) is 4.96. The number of hydrogen-bond acceptors (Lipinski definition) is 2. The van der Waals surface area contributed by atoms with Crippen molar-refractivity contribution in [1.82, 2.24) is 9.88 Å². The number of nitrogens with one attached hydrogen (secondary N) is 1. The van der Waals surface area contributed by atoms with Gasteiger partial charge in [0.1, 0.15) is 6.04 Å². The van der Waals surface area contributed by atoms with Crippen LogP contribution in [0.5, 0.6) is 0 Å². The molecule has 136 valence electrons. The predicted molar refractivity (Wildman–Crippen MR) is 112 cm³/mol. The number of amides is 1. The van der Waals surface area contributed by atoms with Crippen LogP contribution in [0.15, 0.2) is 48.5 Å². The van der Waals surface area contributed by atoms with E-state index >= 15 is 0 Å². The van der Waals surface area contributed by atoms with Gasteiger partial charge in [-0.1, -0.05) is 37.3 Å². The Balaban J connectivity index is 1.56. The Morgan fingerprint density at radius 3 is 2.63 bits per heavy atom. The monoisotopic (exact) mass is 375 g/mol. The van der Waals surface area contributed by atoms with Crippen molar-refractivity contribution < 1.29 is 4.79 Å². The number of rotatable bonds is 2. The average molecular weight is 375 g/mol. The van der Waals surface area contributed by atoms with E-state index in [0.29, 0.717) is 11.5 Å². The predicted octanol–water partition coefficient (Wildman–Crippen LogP) is 4.35. The summed E-state index contributed by atoms with van der Waals surface area (Å²) in [4.78, 5) is 20.7. The molecule has 0 saturated carbocycles. The molecule has 1 N–H and O–H groups in total. The van der Waals surface area contributed by atoms with Crippen molar-refractivity contribution >= 4 is 39.8 Å². The van der Waals surface area contributed by atoms with Crippen LogP contribution in [0.25, 0.3) is 10.9 Å². The number of fused-ring (bicyclic) bond motifs is 4. The summed E-state index contributed by atoms with van der Waals surface area (Å²) in [5.74, 6) is 0.0760. The highest BCUT2D eigenvalue weighted by Gasteiger charge is 2.49. The Bertz CT molecular complexity index is 1070. The fourth-order valence-electron chi connectivity index (χ4n) is 4.48. The number of aromatic nitrogens is 1. The maximum absolute atomic E-state index is 13.3. The molecule has 0 radical (unpaired) electrons. The molecule has 0 aliphatic carbocycles. The number of aromatic amines is 1. The molecule has 2 aliphatic heterocycles. The highest BCUT2D eigenvalue weighted by atomic mass is 32.1. The smallest absolute Gasteiger partial charge is 0.256 e. The van der Waals surface area contributed by atoms with Crippen LogP contribution in [-0.2, 0) is 17.6 Å². The van der Waals surface area contributed by atoms with E-state index in [4.69, 9.17) is 12.2 Å². The molecular formula is C22H21N3OS. The standard InChI is InChI=1S/C22H21N3OS/c1-3-14-8-10-15(11-9-14)25-21(26)19-12-17-16-6-4-5-7-18(16)23-20(17)13(2)24(19)22(25)27/h4-11,13,19,23H,3,12H2,1-2H3/t13-,19-/m1/s1. The normalized spacial score (nSPS) is 21.7. The number of anilines is 1. The van der Waals surface area contributed by atoms with Crippen molar-refractivity contribution in [3.05, 3.63) is 65.4 Å². The van der Waals surface area contributed by atoms with Gasteiger partial charge in [0.15, 0.2) is 5.11 Å². The minimum atomic E-state index is -0.231. The van der Waals surface area contributed by atoms with Gasteiger partial charge in [0, 0.05) is 23.0 Å². The molecule has 1 amide bonds. The van der Waals surface area contributed by atoms with Gasteiger partial charge in [0.05, 0.1) is 11.7 Å². The first-order valence-electron chi connectivity index (χ1n) is 9.44. The van der Waals surface area contributed by atoms with Crippen LogP contribution in [0.1, 0.15) is 36.7 Å². The number of carbonyl (C=O) groups is 1. The topological polar surface area (TPSA) is 39.3 Å². The second kappa shape index (κ2) is 5.92. The molecular weight excluding hydrogens is 354 g/mol. The van der Waals surface area contributed by atoms with Crippen molar-refractivity contribution in [3.63, 3.8) is 0 Å². The number of para-hydroxylation sites is 1. The van der Waals surface area contributed by atoms with Crippen LogP contribution in [0.3, 0.4) is 0 Å². The zero-order chi connectivity index (χ0) is 18.7. The fraction of sp³-hybridized carbons (Fsp3) is 0.273. The van der Waals surface area contributed by atoms with Crippen LogP contribution < -0.4 is 4.90 Å². The molecule has 27 heavy (non-hydrogen) atoms. The van der Waals surface area contributed by atoms with Crippen LogP contribution >= 0.6 is 12.2 Å². The molecule has 4 nitrogen and oxygen atoms in total. The van der Waals surface area contributed by atoms with Crippen molar-refractivity contribution in [2.24, 2.45) is 0 Å². The molecule has 2 atom stereocenters. The Morgan fingerprint density at radius 2 is 1.89 bits per heavy atom. The number of H-pyrrole nitrogens is 1. The molecule has 0 bridgehead atoms. The summed E-state index contributed by atoms with van der Waals surface area (Å²) in [6, 6.07) is 16.3. The SMILES string of the molecule is CCc1ccc(N2C(=O)[C@H]3Cc4c([nH]c5ccccc45)[C@@H](C)N3C2=S)cc1. The Morgan fingerprint density at radius 1 is 1.15 bits per heavy atom. The lowest BCUT2D eigenvalue weighted by Crippen LogP contribution is -2.42. The van der Waals surface area contributed by atoms with E-state index in [9.17, 15) is 4.79 Å². The van der Waals surface area contributed by atoms with Gasteiger partial charge in [-0.3, -0.25) is 9.69 Å². The van der Waals surface area contributed by atoms with Crippen molar-refractivity contribution in [2.75, 3.05) is 4.90 Å². The number of hydrogen-bond donors (Lipinski definition) is 1.